The second-order valence-corrected chi connectivity index (χ2v) is 5.55. The monoisotopic (exact) mass is 396 g/mol. The van der Waals surface area contributed by atoms with Crippen molar-refractivity contribution in [3.63, 3.8) is 0 Å². The molecule has 2 aromatic heterocycles. The van der Waals surface area contributed by atoms with E-state index in [0.717, 1.165) is 6.07 Å². The van der Waals surface area contributed by atoms with E-state index in [0.29, 0.717) is 5.56 Å². The highest BCUT2D eigenvalue weighted by molar-refractivity contribution is 5.98. The fraction of sp³-hybridized carbons (Fsp3) is 0.235. The number of alkyl halides is 3. The van der Waals surface area contributed by atoms with Crippen LogP contribution in [0.4, 0.5) is 18.9 Å². The number of halogens is 3. The topological polar surface area (TPSA) is 105 Å². The van der Waals surface area contributed by atoms with Crippen molar-refractivity contribution in [2.75, 3.05) is 12.3 Å². The van der Waals surface area contributed by atoms with Gasteiger partial charge in [0.05, 0.1) is 24.2 Å². The first kappa shape index (κ1) is 19.3. The second-order valence-electron chi connectivity index (χ2n) is 5.55. The molecule has 8 nitrogen and oxygen atoms in total. The van der Waals surface area contributed by atoms with Gasteiger partial charge in [0.1, 0.15) is 12.0 Å². The van der Waals surface area contributed by atoms with Crippen LogP contribution in [0.3, 0.4) is 0 Å². The highest BCUT2D eigenvalue weighted by Gasteiger charge is 2.34. The third-order valence-electron chi connectivity index (χ3n) is 3.69. The Morgan fingerprint density at radius 3 is 2.71 bits per heavy atom. The molecular formula is C17H15F3N4O4. The Hall–Kier alpha value is -3.50. The molecule has 0 aliphatic carbocycles. The summed E-state index contributed by atoms with van der Waals surface area (Å²) >= 11 is 0. The molecule has 0 aliphatic heterocycles. The highest BCUT2D eigenvalue weighted by atomic mass is 19.4. The Bertz CT molecular complexity index is 997. The van der Waals surface area contributed by atoms with E-state index in [9.17, 15) is 18.0 Å². The van der Waals surface area contributed by atoms with Crippen molar-refractivity contribution in [3.8, 4) is 28.5 Å². The lowest BCUT2D eigenvalue weighted by atomic mass is 10.0. The Morgan fingerprint density at radius 1 is 1.36 bits per heavy atom. The van der Waals surface area contributed by atoms with Crippen molar-refractivity contribution in [1.82, 2.24) is 14.8 Å². The van der Waals surface area contributed by atoms with Crippen LogP contribution < -0.4 is 10.5 Å². The predicted molar refractivity (Wildman–Crippen MR) is 91.2 cm³/mol. The van der Waals surface area contributed by atoms with E-state index in [1.165, 1.54) is 36.3 Å². The van der Waals surface area contributed by atoms with Crippen LogP contribution in [0, 0.1) is 0 Å². The van der Waals surface area contributed by atoms with E-state index in [-0.39, 0.29) is 35.1 Å². The van der Waals surface area contributed by atoms with Gasteiger partial charge in [-0.2, -0.15) is 5.10 Å². The van der Waals surface area contributed by atoms with Gasteiger partial charge in [0.2, 0.25) is 5.89 Å². The zero-order valence-corrected chi connectivity index (χ0v) is 14.8. The van der Waals surface area contributed by atoms with Gasteiger partial charge in [0, 0.05) is 18.2 Å². The minimum Gasteiger partial charge on any atom is -0.461 e. The van der Waals surface area contributed by atoms with Crippen LogP contribution in [0.1, 0.15) is 17.4 Å². The number of nitrogen functional groups attached to an aromatic ring is 1. The van der Waals surface area contributed by atoms with Crippen LogP contribution in [0.2, 0.25) is 0 Å². The quantitative estimate of drug-likeness (QED) is 0.659. The number of esters is 1. The lowest BCUT2D eigenvalue weighted by molar-refractivity contribution is -0.274. The standard InChI is InChI=1S/C17H15F3N4O4/c1-3-26-16(25)13-12(21)14(24(2)23-13)10-8-9(15-22-6-7-27-15)4-5-11(10)28-17(18,19)20/h4-8H,3,21H2,1-2H3. The lowest BCUT2D eigenvalue weighted by Crippen LogP contribution is -2.18. The largest absolute Gasteiger partial charge is 0.573 e. The van der Waals surface area contributed by atoms with Gasteiger partial charge in [-0.1, -0.05) is 0 Å². The molecule has 148 valence electrons. The van der Waals surface area contributed by atoms with E-state index in [4.69, 9.17) is 14.9 Å². The van der Waals surface area contributed by atoms with Gasteiger partial charge in [0.25, 0.3) is 0 Å². The normalized spacial score (nSPS) is 11.5. The molecule has 0 saturated carbocycles. The van der Waals surface area contributed by atoms with Gasteiger partial charge in [0.15, 0.2) is 5.69 Å². The molecule has 2 N–H and O–H groups in total. The van der Waals surface area contributed by atoms with Crippen LogP contribution in [0.5, 0.6) is 5.75 Å². The average Bonchev–Trinajstić information content (AvgIpc) is 3.23. The Kier molecular flexibility index (Phi) is 4.99. The minimum atomic E-state index is -4.93. The summed E-state index contributed by atoms with van der Waals surface area (Å²) in [5, 5.41) is 3.98. The molecule has 28 heavy (non-hydrogen) atoms. The van der Waals surface area contributed by atoms with Crippen molar-refractivity contribution in [3.05, 3.63) is 36.4 Å². The fourth-order valence-corrected chi connectivity index (χ4v) is 2.64. The van der Waals surface area contributed by atoms with E-state index < -0.39 is 18.1 Å². The Morgan fingerprint density at radius 2 is 2.11 bits per heavy atom. The molecule has 0 amide bonds. The number of nitrogens with two attached hydrogens (primary N) is 1. The van der Waals surface area contributed by atoms with E-state index in [1.54, 1.807) is 6.92 Å². The summed E-state index contributed by atoms with van der Waals surface area (Å²) in [4.78, 5) is 16.0. The van der Waals surface area contributed by atoms with Gasteiger partial charge in [-0.05, 0) is 25.1 Å². The smallest absolute Gasteiger partial charge is 0.461 e. The van der Waals surface area contributed by atoms with Crippen molar-refractivity contribution in [2.24, 2.45) is 7.05 Å². The van der Waals surface area contributed by atoms with E-state index in [1.807, 2.05) is 0 Å². The Labute approximate surface area is 156 Å². The summed E-state index contributed by atoms with van der Waals surface area (Å²) in [6.45, 7) is 1.69. The number of nitrogens with zero attached hydrogens (tertiary/aromatic N) is 3. The number of ether oxygens (including phenoxy) is 2. The molecule has 1 aromatic carbocycles. The zero-order chi connectivity index (χ0) is 20.5. The third kappa shape index (κ3) is 3.77. The first-order valence-corrected chi connectivity index (χ1v) is 8.01. The molecule has 0 spiro atoms. The molecule has 3 rings (SSSR count). The van der Waals surface area contributed by atoms with Gasteiger partial charge in [-0.15, -0.1) is 13.2 Å². The van der Waals surface area contributed by atoms with Crippen molar-refractivity contribution in [2.45, 2.75) is 13.3 Å². The molecule has 0 radical (unpaired) electrons. The number of aryl methyl sites for hydroxylation is 1. The van der Waals surface area contributed by atoms with Gasteiger partial charge >= 0.3 is 12.3 Å². The number of anilines is 1. The minimum absolute atomic E-state index is 0.0453. The summed E-state index contributed by atoms with van der Waals surface area (Å²) < 4.78 is 54.0. The van der Waals surface area contributed by atoms with E-state index in [2.05, 4.69) is 14.8 Å². The van der Waals surface area contributed by atoms with Crippen LogP contribution >= 0.6 is 0 Å². The molecule has 0 unspecified atom stereocenters. The van der Waals surface area contributed by atoms with Gasteiger partial charge in [-0.25, -0.2) is 9.78 Å². The molecule has 0 fully saturated rings. The van der Waals surface area contributed by atoms with Crippen LogP contribution in [-0.2, 0) is 11.8 Å². The van der Waals surface area contributed by atoms with Crippen molar-refractivity contribution < 1.29 is 31.9 Å². The molecule has 0 aliphatic rings. The number of hydrogen-bond acceptors (Lipinski definition) is 7. The summed E-state index contributed by atoms with van der Waals surface area (Å²) in [5.74, 6) is -1.12. The second kappa shape index (κ2) is 7.25. The van der Waals surface area contributed by atoms with Gasteiger partial charge < -0.3 is 19.6 Å². The molecule has 11 heteroatoms. The number of rotatable bonds is 5. The highest BCUT2D eigenvalue weighted by Crippen LogP contribution is 2.40. The summed E-state index contributed by atoms with van der Waals surface area (Å²) in [6, 6.07) is 3.82. The maximum absolute atomic E-state index is 12.9. The maximum Gasteiger partial charge on any atom is 0.573 e. The number of oxazole rings is 1. The predicted octanol–water partition coefficient (Wildman–Crippen LogP) is 3.40. The molecule has 0 atom stereocenters. The lowest BCUT2D eigenvalue weighted by Gasteiger charge is -2.15. The van der Waals surface area contributed by atoms with Crippen LogP contribution in [0.25, 0.3) is 22.7 Å². The third-order valence-corrected chi connectivity index (χ3v) is 3.69. The average molecular weight is 396 g/mol. The fourth-order valence-electron chi connectivity index (χ4n) is 2.64. The molecular weight excluding hydrogens is 381 g/mol. The van der Waals surface area contributed by atoms with Gasteiger partial charge in [-0.3, -0.25) is 4.68 Å². The molecule has 0 saturated heterocycles. The van der Waals surface area contributed by atoms with E-state index >= 15 is 0 Å². The Balaban J connectivity index is 2.18. The first-order chi connectivity index (χ1) is 13.2. The number of carbonyl (C=O) groups excluding carboxylic acids is 1. The number of hydrogen-bond donors (Lipinski definition) is 1. The van der Waals surface area contributed by atoms with Crippen molar-refractivity contribution >= 4 is 11.7 Å². The van der Waals surface area contributed by atoms with Crippen LogP contribution in [0.15, 0.2) is 35.1 Å². The molecule has 2 heterocycles. The first-order valence-electron chi connectivity index (χ1n) is 8.01. The zero-order valence-electron chi connectivity index (χ0n) is 14.8. The number of benzene rings is 1. The SMILES string of the molecule is CCOC(=O)c1nn(C)c(-c2cc(-c3ncco3)ccc2OC(F)(F)F)c1N. The molecule has 0 bridgehead atoms. The summed E-state index contributed by atoms with van der Waals surface area (Å²) in [5.41, 5.74) is 6.05. The maximum atomic E-state index is 12.9. The van der Waals surface area contributed by atoms with Crippen LogP contribution in [-0.4, -0.2) is 33.7 Å². The summed E-state index contributed by atoms with van der Waals surface area (Å²) in [7, 11) is 1.43. The summed E-state index contributed by atoms with van der Waals surface area (Å²) in [6.07, 6.45) is -2.21. The number of aromatic nitrogens is 3. The van der Waals surface area contributed by atoms with Crippen molar-refractivity contribution in [1.29, 1.82) is 0 Å². The molecule has 3 aromatic rings. The number of carbonyl (C=O) groups is 1.